The van der Waals surface area contributed by atoms with Crippen LogP contribution in [0.2, 0.25) is 0 Å². The van der Waals surface area contributed by atoms with E-state index in [0.717, 1.165) is 11.3 Å². The number of nitrogens with one attached hydrogen (secondary N) is 1. The van der Waals surface area contributed by atoms with Gasteiger partial charge >= 0.3 is 0 Å². The third kappa shape index (κ3) is 1.84. The van der Waals surface area contributed by atoms with Gasteiger partial charge < -0.3 is 9.73 Å². The molecule has 0 aliphatic heterocycles. The summed E-state index contributed by atoms with van der Waals surface area (Å²) in [6, 6.07) is 19.5. The zero-order valence-electron chi connectivity index (χ0n) is 11.5. The summed E-state index contributed by atoms with van der Waals surface area (Å²) >= 11 is 0. The summed E-state index contributed by atoms with van der Waals surface area (Å²) in [6.45, 7) is 0. The summed E-state index contributed by atoms with van der Waals surface area (Å²) in [7, 11) is 2.04. The van der Waals surface area contributed by atoms with Gasteiger partial charge in [-0.2, -0.15) is 0 Å². The van der Waals surface area contributed by atoms with Crippen LogP contribution in [0.5, 0.6) is 0 Å². The quantitative estimate of drug-likeness (QED) is 0.767. The molecule has 0 bridgehead atoms. The van der Waals surface area contributed by atoms with E-state index < -0.39 is 0 Å². The fourth-order valence-corrected chi connectivity index (χ4v) is 3.02. The summed E-state index contributed by atoms with van der Waals surface area (Å²) in [5, 5.41) is 4.53. The lowest BCUT2D eigenvalue weighted by molar-refractivity contribution is 0.630. The number of hydrogen-bond donors (Lipinski definition) is 1. The van der Waals surface area contributed by atoms with Gasteiger partial charge in [-0.05, 0) is 31.2 Å². The average molecular weight is 263 g/mol. The molecule has 1 aliphatic rings. The molecule has 2 aromatic carbocycles. The highest BCUT2D eigenvalue weighted by Crippen LogP contribution is 2.45. The molecule has 2 unspecified atom stereocenters. The Morgan fingerprint density at radius 2 is 1.85 bits per heavy atom. The van der Waals surface area contributed by atoms with Crippen LogP contribution in [0.15, 0.2) is 59.0 Å². The molecule has 2 nitrogen and oxygen atoms in total. The minimum Gasteiger partial charge on any atom is -0.456 e. The number of furan rings is 1. The highest BCUT2D eigenvalue weighted by atomic mass is 16.3. The fourth-order valence-electron chi connectivity index (χ4n) is 3.02. The van der Waals surface area contributed by atoms with Crippen LogP contribution in [0.25, 0.3) is 22.3 Å². The number of likely N-dealkylation sites (N-methyl/N-ethyl adjacent to an activating group) is 1. The molecule has 2 atom stereocenters. The van der Waals surface area contributed by atoms with Crippen LogP contribution in [0, 0.1) is 0 Å². The first kappa shape index (κ1) is 11.7. The maximum absolute atomic E-state index is 6.02. The predicted octanol–water partition coefficient (Wildman–Crippen LogP) is 4.18. The third-order valence-corrected chi connectivity index (χ3v) is 4.21. The van der Waals surface area contributed by atoms with Gasteiger partial charge in [0, 0.05) is 22.9 Å². The van der Waals surface area contributed by atoms with Gasteiger partial charge in [-0.1, -0.05) is 42.5 Å². The second kappa shape index (κ2) is 4.50. The summed E-state index contributed by atoms with van der Waals surface area (Å²) in [4.78, 5) is 0. The number of fused-ring (bicyclic) bond motifs is 1. The van der Waals surface area contributed by atoms with Crippen molar-refractivity contribution in [3.05, 3.63) is 60.2 Å². The van der Waals surface area contributed by atoms with Gasteiger partial charge in [-0.15, -0.1) is 0 Å². The first-order valence-electron chi connectivity index (χ1n) is 7.12. The largest absolute Gasteiger partial charge is 0.456 e. The van der Waals surface area contributed by atoms with Gasteiger partial charge in [0.15, 0.2) is 0 Å². The standard InChI is InChI=1S/C18H17NO/c1-19-16-11-15(16)13-7-3-4-8-14(13)18-10-12-6-2-5-9-17(12)20-18/h2-10,15-16,19H,11H2,1H3. The van der Waals surface area contributed by atoms with Gasteiger partial charge in [0.2, 0.25) is 0 Å². The third-order valence-electron chi connectivity index (χ3n) is 4.21. The van der Waals surface area contributed by atoms with Crippen LogP contribution < -0.4 is 5.32 Å². The molecule has 20 heavy (non-hydrogen) atoms. The van der Waals surface area contributed by atoms with Gasteiger partial charge in [0.1, 0.15) is 11.3 Å². The molecule has 0 saturated heterocycles. The SMILES string of the molecule is CNC1CC1c1ccccc1-c1cc2ccccc2o1. The predicted molar refractivity (Wildman–Crippen MR) is 81.9 cm³/mol. The Morgan fingerprint density at radius 3 is 2.65 bits per heavy atom. The molecule has 1 fully saturated rings. The minimum atomic E-state index is 0.612. The van der Waals surface area contributed by atoms with Crippen molar-refractivity contribution in [2.75, 3.05) is 7.05 Å². The average Bonchev–Trinajstić information content (AvgIpc) is 3.16. The minimum absolute atomic E-state index is 0.612. The fraction of sp³-hybridized carbons (Fsp3) is 0.222. The Kier molecular flexibility index (Phi) is 2.64. The van der Waals surface area contributed by atoms with E-state index in [2.05, 4.69) is 41.7 Å². The van der Waals surface area contributed by atoms with E-state index in [0.29, 0.717) is 12.0 Å². The molecule has 2 heteroatoms. The second-order valence-electron chi connectivity index (χ2n) is 5.47. The number of rotatable bonds is 3. The summed E-state index contributed by atoms with van der Waals surface area (Å²) in [5.41, 5.74) is 3.58. The van der Waals surface area contributed by atoms with Crippen LogP contribution in [0.3, 0.4) is 0 Å². The van der Waals surface area contributed by atoms with E-state index in [1.54, 1.807) is 0 Å². The Hall–Kier alpha value is -2.06. The molecular formula is C18H17NO. The number of benzene rings is 2. The number of para-hydroxylation sites is 1. The molecule has 100 valence electrons. The van der Waals surface area contributed by atoms with Gasteiger partial charge in [0.25, 0.3) is 0 Å². The van der Waals surface area contributed by atoms with Crippen LogP contribution >= 0.6 is 0 Å². The van der Waals surface area contributed by atoms with Gasteiger partial charge in [-0.25, -0.2) is 0 Å². The van der Waals surface area contributed by atoms with E-state index in [-0.39, 0.29) is 0 Å². The topological polar surface area (TPSA) is 25.2 Å². The first-order valence-corrected chi connectivity index (χ1v) is 7.12. The van der Waals surface area contributed by atoms with E-state index in [4.69, 9.17) is 4.42 Å². The van der Waals surface area contributed by atoms with E-state index in [1.807, 2.05) is 25.2 Å². The summed E-state index contributed by atoms with van der Waals surface area (Å²) in [6.07, 6.45) is 1.22. The lowest BCUT2D eigenvalue weighted by Gasteiger charge is -2.06. The first-order chi connectivity index (χ1) is 9.86. The highest BCUT2D eigenvalue weighted by Gasteiger charge is 2.38. The molecule has 0 radical (unpaired) electrons. The molecule has 1 heterocycles. The van der Waals surface area contributed by atoms with Crippen LogP contribution in [-0.2, 0) is 0 Å². The summed E-state index contributed by atoms with van der Waals surface area (Å²) < 4.78 is 6.02. The molecule has 1 aliphatic carbocycles. The van der Waals surface area contributed by atoms with Gasteiger partial charge in [0.05, 0.1) is 0 Å². The van der Waals surface area contributed by atoms with E-state index in [9.17, 15) is 0 Å². The maximum atomic E-state index is 6.02. The molecule has 1 aromatic heterocycles. The van der Waals surface area contributed by atoms with E-state index >= 15 is 0 Å². The molecule has 1 saturated carbocycles. The lowest BCUT2D eigenvalue weighted by Crippen LogP contribution is -2.10. The maximum Gasteiger partial charge on any atom is 0.135 e. The monoisotopic (exact) mass is 263 g/mol. The normalized spacial score (nSPS) is 21.2. The van der Waals surface area contributed by atoms with Crippen molar-refractivity contribution in [1.82, 2.24) is 5.32 Å². The Balaban J connectivity index is 1.82. The molecule has 4 rings (SSSR count). The van der Waals surface area contributed by atoms with Crippen molar-refractivity contribution in [2.45, 2.75) is 18.4 Å². The van der Waals surface area contributed by atoms with E-state index in [1.165, 1.54) is 22.9 Å². The molecule has 0 amide bonds. The van der Waals surface area contributed by atoms with Crippen molar-refractivity contribution in [2.24, 2.45) is 0 Å². The molecule has 1 N–H and O–H groups in total. The zero-order valence-corrected chi connectivity index (χ0v) is 11.5. The van der Waals surface area contributed by atoms with Crippen LogP contribution in [0.4, 0.5) is 0 Å². The Morgan fingerprint density at radius 1 is 1.05 bits per heavy atom. The molecule has 0 spiro atoms. The Bertz CT molecular complexity index is 726. The van der Waals surface area contributed by atoms with Crippen LogP contribution in [0.1, 0.15) is 17.9 Å². The Labute approximate surface area is 118 Å². The molecular weight excluding hydrogens is 246 g/mol. The van der Waals surface area contributed by atoms with Crippen molar-refractivity contribution < 1.29 is 4.42 Å². The number of hydrogen-bond acceptors (Lipinski definition) is 2. The van der Waals surface area contributed by atoms with Crippen molar-refractivity contribution >= 4 is 11.0 Å². The second-order valence-corrected chi connectivity index (χ2v) is 5.47. The van der Waals surface area contributed by atoms with Crippen molar-refractivity contribution in [1.29, 1.82) is 0 Å². The summed E-state index contributed by atoms with van der Waals surface area (Å²) in [5.74, 6) is 1.59. The smallest absolute Gasteiger partial charge is 0.135 e. The van der Waals surface area contributed by atoms with Crippen LogP contribution in [-0.4, -0.2) is 13.1 Å². The lowest BCUT2D eigenvalue weighted by atomic mass is 10.0. The highest BCUT2D eigenvalue weighted by molar-refractivity contribution is 5.83. The van der Waals surface area contributed by atoms with Crippen molar-refractivity contribution in [3.8, 4) is 11.3 Å². The molecule has 3 aromatic rings. The van der Waals surface area contributed by atoms with Gasteiger partial charge in [-0.3, -0.25) is 0 Å². The van der Waals surface area contributed by atoms with Crippen molar-refractivity contribution in [3.63, 3.8) is 0 Å². The zero-order chi connectivity index (χ0) is 13.5.